The highest BCUT2D eigenvalue weighted by Crippen LogP contribution is 2.21. The molecule has 25 heavy (non-hydrogen) atoms. The second kappa shape index (κ2) is 9.25. The van der Waals surface area contributed by atoms with Gasteiger partial charge in [0.1, 0.15) is 11.8 Å². The minimum Gasteiger partial charge on any atom is -0.464 e. The number of hydrogen-bond donors (Lipinski definition) is 2. The summed E-state index contributed by atoms with van der Waals surface area (Å²) in [5.41, 5.74) is 1.71. The topological polar surface area (TPSA) is 87.0 Å². The summed E-state index contributed by atoms with van der Waals surface area (Å²) in [4.78, 5) is 16.0. The molecule has 0 unspecified atom stereocenters. The molecule has 1 aromatic carbocycles. The number of methoxy groups -OCH3 is 1. The molecular weight excluding hydrogens is 384 g/mol. The van der Waals surface area contributed by atoms with Gasteiger partial charge in [-0.05, 0) is 40.2 Å². The van der Waals surface area contributed by atoms with E-state index in [1.165, 1.54) is 19.5 Å². The van der Waals surface area contributed by atoms with Gasteiger partial charge in [0.25, 0.3) is 0 Å². The van der Waals surface area contributed by atoms with Crippen LogP contribution in [0.3, 0.4) is 0 Å². The number of nitrogens with zero attached hydrogens (tertiary/aromatic N) is 2. The molecule has 0 aliphatic heterocycles. The van der Waals surface area contributed by atoms with Gasteiger partial charge in [-0.15, -0.1) is 0 Å². The number of para-hydroxylation sites is 1. The molecule has 0 spiro atoms. The van der Waals surface area contributed by atoms with Crippen molar-refractivity contribution in [2.75, 3.05) is 12.4 Å². The van der Waals surface area contributed by atoms with Crippen molar-refractivity contribution in [3.8, 4) is 6.07 Å². The quantitative estimate of drug-likeness (QED) is 0.440. The molecule has 126 valence electrons. The van der Waals surface area contributed by atoms with Gasteiger partial charge in [0.2, 0.25) is 0 Å². The highest BCUT2D eigenvalue weighted by Gasteiger charge is 2.10. The van der Waals surface area contributed by atoms with Crippen molar-refractivity contribution >= 4 is 33.2 Å². The molecule has 2 aromatic rings. The van der Waals surface area contributed by atoms with Gasteiger partial charge < -0.3 is 15.4 Å². The largest absolute Gasteiger partial charge is 0.464 e. The van der Waals surface area contributed by atoms with Crippen LogP contribution in [0.5, 0.6) is 0 Å². The molecule has 2 N–H and O–H groups in total. The minimum absolute atomic E-state index is 0.141. The van der Waals surface area contributed by atoms with E-state index in [2.05, 4.69) is 31.5 Å². The van der Waals surface area contributed by atoms with Gasteiger partial charge in [-0.25, -0.2) is 4.79 Å². The summed E-state index contributed by atoms with van der Waals surface area (Å²) in [6, 6.07) is 14.7. The van der Waals surface area contributed by atoms with Gasteiger partial charge in [0, 0.05) is 23.1 Å². The Morgan fingerprint density at radius 3 is 2.64 bits per heavy atom. The SMILES string of the molecule is COC(=O)/C(=C\Nc1ccccc1Br)N/C=C(/C#N)c1ccccn1. The standard InChI is InChI=1S/C18H15BrN4O2/c1-25-18(24)17(12-23-16-8-3-2-6-14(16)19)22-11-13(10-20)15-7-4-5-9-21-15/h2-9,11-12,22-23H,1H3/b13-11-,17-12+. The molecule has 0 bridgehead atoms. The number of halogens is 1. The third-order valence-electron chi connectivity index (χ3n) is 3.08. The number of hydrogen-bond acceptors (Lipinski definition) is 6. The van der Waals surface area contributed by atoms with Crippen LogP contribution in [0.15, 0.2) is 71.2 Å². The van der Waals surface area contributed by atoms with Gasteiger partial charge in [-0.2, -0.15) is 5.26 Å². The van der Waals surface area contributed by atoms with E-state index in [9.17, 15) is 10.1 Å². The maximum absolute atomic E-state index is 11.9. The number of ether oxygens (including phenoxy) is 1. The van der Waals surface area contributed by atoms with Crippen molar-refractivity contribution in [3.05, 3.63) is 76.9 Å². The van der Waals surface area contributed by atoms with Crippen molar-refractivity contribution in [3.63, 3.8) is 0 Å². The number of anilines is 1. The number of esters is 1. The van der Waals surface area contributed by atoms with Crippen molar-refractivity contribution in [1.82, 2.24) is 10.3 Å². The van der Waals surface area contributed by atoms with Gasteiger partial charge in [0.15, 0.2) is 0 Å². The second-order valence-corrected chi connectivity index (χ2v) is 5.56. The van der Waals surface area contributed by atoms with Crippen molar-refractivity contribution in [2.24, 2.45) is 0 Å². The van der Waals surface area contributed by atoms with Crippen LogP contribution in [-0.4, -0.2) is 18.1 Å². The van der Waals surface area contributed by atoms with Crippen LogP contribution in [0.1, 0.15) is 5.69 Å². The van der Waals surface area contributed by atoms with Gasteiger partial charge in [-0.1, -0.05) is 18.2 Å². The van der Waals surface area contributed by atoms with Crippen LogP contribution in [0.4, 0.5) is 5.69 Å². The predicted molar refractivity (Wildman–Crippen MR) is 98.8 cm³/mol. The van der Waals surface area contributed by atoms with E-state index < -0.39 is 5.97 Å². The number of nitrogens with one attached hydrogen (secondary N) is 2. The van der Waals surface area contributed by atoms with Crippen LogP contribution in [0.25, 0.3) is 5.57 Å². The first-order chi connectivity index (χ1) is 12.2. The Balaban J connectivity index is 2.22. The lowest BCUT2D eigenvalue weighted by molar-refractivity contribution is -0.136. The fourth-order valence-electron chi connectivity index (χ4n) is 1.83. The lowest BCUT2D eigenvalue weighted by Crippen LogP contribution is -2.18. The van der Waals surface area contributed by atoms with E-state index in [4.69, 9.17) is 4.74 Å². The van der Waals surface area contributed by atoms with Crippen LogP contribution in [0.2, 0.25) is 0 Å². The summed E-state index contributed by atoms with van der Waals surface area (Å²) in [5, 5.41) is 15.1. The Morgan fingerprint density at radius 2 is 2.00 bits per heavy atom. The molecule has 0 aliphatic carbocycles. The zero-order valence-corrected chi connectivity index (χ0v) is 14.9. The molecule has 0 saturated carbocycles. The number of allylic oxidation sites excluding steroid dienone is 1. The zero-order valence-electron chi connectivity index (χ0n) is 13.4. The molecule has 0 aliphatic rings. The Labute approximate surface area is 154 Å². The van der Waals surface area contributed by atoms with E-state index in [0.29, 0.717) is 5.69 Å². The maximum atomic E-state index is 11.9. The van der Waals surface area contributed by atoms with Crippen LogP contribution >= 0.6 is 15.9 Å². The molecule has 1 heterocycles. The summed E-state index contributed by atoms with van der Waals surface area (Å²) in [6.07, 6.45) is 4.47. The lowest BCUT2D eigenvalue weighted by Gasteiger charge is -2.08. The molecule has 0 atom stereocenters. The molecule has 7 heteroatoms. The Hall–Kier alpha value is -3.11. The molecule has 0 radical (unpaired) electrons. The van der Waals surface area contributed by atoms with E-state index >= 15 is 0 Å². The van der Waals surface area contributed by atoms with Crippen molar-refractivity contribution in [1.29, 1.82) is 5.26 Å². The number of benzene rings is 1. The zero-order chi connectivity index (χ0) is 18.1. The predicted octanol–water partition coefficient (Wildman–Crippen LogP) is 3.42. The normalized spacial score (nSPS) is 11.4. The highest BCUT2D eigenvalue weighted by atomic mass is 79.9. The first kappa shape index (κ1) is 18.2. The molecule has 6 nitrogen and oxygen atoms in total. The summed E-state index contributed by atoms with van der Waals surface area (Å²) >= 11 is 3.41. The molecule has 0 saturated heterocycles. The fraction of sp³-hybridized carbons (Fsp3) is 0.0556. The smallest absolute Gasteiger partial charge is 0.355 e. The first-order valence-electron chi connectivity index (χ1n) is 7.23. The van der Waals surface area contributed by atoms with Crippen molar-refractivity contribution < 1.29 is 9.53 Å². The number of carbonyl (C=O) groups is 1. The number of carbonyl (C=O) groups excluding carboxylic acids is 1. The Morgan fingerprint density at radius 1 is 1.24 bits per heavy atom. The number of rotatable bonds is 6. The molecule has 2 rings (SSSR count). The molecule has 0 fully saturated rings. The average Bonchev–Trinajstić information content (AvgIpc) is 2.66. The summed E-state index contributed by atoms with van der Waals surface area (Å²) < 4.78 is 5.60. The summed E-state index contributed by atoms with van der Waals surface area (Å²) in [6.45, 7) is 0. The Kier molecular flexibility index (Phi) is 6.75. The van der Waals surface area contributed by atoms with E-state index in [-0.39, 0.29) is 11.3 Å². The highest BCUT2D eigenvalue weighted by molar-refractivity contribution is 9.10. The van der Waals surface area contributed by atoms with Crippen LogP contribution in [-0.2, 0) is 9.53 Å². The van der Waals surface area contributed by atoms with E-state index in [1.54, 1.807) is 24.4 Å². The summed E-state index contributed by atoms with van der Waals surface area (Å²) in [7, 11) is 1.28. The van der Waals surface area contributed by atoms with E-state index in [0.717, 1.165) is 10.2 Å². The first-order valence-corrected chi connectivity index (χ1v) is 8.02. The van der Waals surface area contributed by atoms with Gasteiger partial charge in [-0.3, -0.25) is 4.98 Å². The number of aromatic nitrogens is 1. The average molecular weight is 399 g/mol. The van der Waals surface area contributed by atoms with Gasteiger partial charge >= 0.3 is 5.97 Å². The number of nitriles is 1. The molecular formula is C18H15BrN4O2. The Bertz CT molecular complexity index is 842. The lowest BCUT2D eigenvalue weighted by atomic mass is 10.2. The fourth-order valence-corrected chi connectivity index (χ4v) is 2.23. The third-order valence-corrected chi connectivity index (χ3v) is 3.78. The van der Waals surface area contributed by atoms with Crippen LogP contribution < -0.4 is 10.6 Å². The van der Waals surface area contributed by atoms with E-state index in [1.807, 2.05) is 30.3 Å². The minimum atomic E-state index is -0.575. The maximum Gasteiger partial charge on any atom is 0.355 e. The second-order valence-electron chi connectivity index (χ2n) is 4.70. The number of pyridine rings is 1. The third kappa shape index (κ3) is 5.19. The molecule has 1 aromatic heterocycles. The summed E-state index contributed by atoms with van der Waals surface area (Å²) in [5.74, 6) is -0.575. The van der Waals surface area contributed by atoms with Gasteiger partial charge in [0.05, 0.1) is 24.1 Å². The van der Waals surface area contributed by atoms with Crippen molar-refractivity contribution in [2.45, 2.75) is 0 Å². The van der Waals surface area contributed by atoms with Crippen LogP contribution in [0, 0.1) is 11.3 Å². The monoisotopic (exact) mass is 398 g/mol. The molecule has 0 amide bonds.